The number of furan rings is 1. The molecule has 0 atom stereocenters. The fourth-order valence-corrected chi connectivity index (χ4v) is 5.60. The average Bonchev–Trinajstić information content (AvgIpc) is 3.06. The number of morpholine rings is 1. The molecule has 1 aliphatic carbocycles. The standard InChI is InChI=1S/C21H28N2O5S/c1-14-3-5-16(6-4-14)22-21(24)20-15(2)18-13-17(7-8-19(18)28-20)29(25,26)23-9-11-27-12-10-23/h7-8,13-14,16H,3-6,9-12H2,1-2H3,(H,22,24). The Bertz CT molecular complexity index is 999. The highest BCUT2D eigenvalue weighted by Gasteiger charge is 2.28. The average molecular weight is 421 g/mol. The van der Waals surface area contributed by atoms with Gasteiger partial charge < -0.3 is 14.5 Å². The van der Waals surface area contributed by atoms with E-state index < -0.39 is 10.0 Å². The number of carbonyl (C=O) groups excluding carboxylic acids is 1. The third-order valence-electron chi connectivity index (χ3n) is 6.07. The van der Waals surface area contributed by atoms with Crippen LogP contribution in [-0.4, -0.2) is 51.0 Å². The van der Waals surface area contributed by atoms with Crippen LogP contribution in [0.5, 0.6) is 0 Å². The molecule has 2 aliphatic rings. The van der Waals surface area contributed by atoms with Crippen LogP contribution < -0.4 is 5.32 Å². The van der Waals surface area contributed by atoms with Gasteiger partial charge in [-0.2, -0.15) is 4.31 Å². The zero-order valence-corrected chi connectivity index (χ0v) is 17.8. The van der Waals surface area contributed by atoms with Crippen LogP contribution >= 0.6 is 0 Å². The molecule has 29 heavy (non-hydrogen) atoms. The van der Waals surface area contributed by atoms with E-state index in [1.54, 1.807) is 25.1 Å². The molecular weight excluding hydrogens is 392 g/mol. The van der Waals surface area contributed by atoms with Gasteiger partial charge in [-0.25, -0.2) is 8.42 Å². The number of nitrogens with one attached hydrogen (secondary N) is 1. The van der Waals surface area contributed by atoms with E-state index in [1.807, 2.05) is 0 Å². The Morgan fingerprint density at radius 2 is 1.83 bits per heavy atom. The molecule has 1 saturated carbocycles. The Labute approximate surface area is 171 Å². The molecule has 2 fully saturated rings. The van der Waals surface area contributed by atoms with Gasteiger partial charge in [0.2, 0.25) is 10.0 Å². The smallest absolute Gasteiger partial charge is 0.287 e. The van der Waals surface area contributed by atoms with Crippen molar-refractivity contribution in [3.05, 3.63) is 29.5 Å². The fraction of sp³-hybridized carbons (Fsp3) is 0.571. The SMILES string of the molecule is Cc1c(C(=O)NC2CCC(C)CC2)oc2ccc(S(=O)(=O)N3CCOCC3)cc12. The molecule has 2 heterocycles. The summed E-state index contributed by atoms with van der Waals surface area (Å²) >= 11 is 0. The van der Waals surface area contributed by atoms with E-state index in [4.69, 9.17) is 9.15 Å². The number of ether oxygens (including phenoxy) is 1. The van der Waals surface area contributed by atoms with Crippen molar-refractivity contribution in [2.24, 2.45) is 5.92 Å². The minimum absolute atomic E-state index is 0.170. The van der Waals surface area contributed by atoms with Gasteiger partial charge in [0, 0.05) is 30.1 Å². The molecular formula is C21H28N2O5S. The molecule has 0 bridgehead atoms. The first-order valence-electron chi connectivity index (χ1n) is 10.3. The van der Waals surface area contributed by atoms with Gasteiger partial charge in [0.05, 0.1) is 18.1 Å². The summed E-state index contributed by atoms with van der Waals surface area (Å²) in [6.45, 7) is 5.53. The molecule has 1 amide bonds. The van der Waals surface area contributed by atoms with Crippen LogP contribution in [0.2, 0.25) is 0 Å². The predicted molar refractivity (Wildman–Crippen MR) is 109 cm³/mol. The van der Waals surface area contributed by atoms with Gasteiger partial charge in [-0.1, -0.05) is 6.92 Å². The van der Waals surface area contributed by atoms with E-state index in [-0.39, 0.29) is 22.6 Å². The quantitative estimate of drug-likeness (QED) is 0.821. The summed E-state index contributed by atoms with van der Waals surface area (Å²) in [4.78, 5) is 13.0. The van der Waals surface area contributed by atoms with Crippen molar-refractivity contribution in [3.8, 4) is 0 Å². The van der Waals surface area contributed by atoms with Gasteiger partial charge in [-0.3, -0.25) is 4.79 Å². The topological polar surface area (TPSA) is 88.8 Å². The first-order valence-corrected chi connectivity index (χ1v) is 11.7. The minimum atomic E-state index is -3.60. The summed E-state index contributed by atoms with van der Waals surface area (Å²) < 4.78 is 38.3. The van der Waals surface area contributed by atoms with Gasteiger partial charge in [0.25, 0.3) is 5.91 Å². The molecule has 4 rings (SSSR count). The number of nitrogens with zero attached hydrogens (tertiary/aromatic N) is 1. The maximum absolute atomic E-state index is 12.9. The van der Waals surface area contributed by atoms with E-state index in [0.717, 1.165) is 25.7 Å². The van der Waals surface area contributed by atoms with Crippen LogP contribution in [0.4, 0.5) is 0 Å². The molecule has 1 aliphatic heterocycles. The maximum Gasteiger partial charge on any atom is 0.287 e. The Morgan fingerprint density at radius 3 is 2.52 bits per heavy atom. The van der Waals surface area contributed by atoms with Gasteiger partial charge in [-0.15, -0.1) is 0 Å². The Kier molecular flexibility index (Phi) is 5.68. The summed E-state index contributed by atoms with van der Waals surface area (Å²) in [7, 11) is -3.60. The number of aryl methyl sites for hydroxylation is 1. The number of fused-ring (bicyclic) bond motifs is 1. The van der Waals surface area contributed by atoms with Gasteiger partial charge in [-0.05, 0) is 56.7 Å². The molecule has 0 spiro atoms. The summed E-state index contributed by atoms with van der Waals surface area (Å²) in [6.07, 6.45) is 4.20. The highest BCUT2D eigenvalue weighted by Crippen LogP contribution is 2.30. The van der Waals surface area contributed by atoms with Crippen LogP contribution in [-0.2, 0) is 14.8 Å². The van der Waals surface area contributed by atoms with E-state index in [9.17, 15) is 13.2 Å². The maximum atomic E-state index is 12.9. The molecule has 1 N–H and O–H groups in total. The molecule has 2 aromatic rings. The third kappa shape index (κ3) is 4.06. The number of amides is 1. The Hall–Kier alpha value is -1.90. The number of carbonyl (C=O) groups is 1. The van der Waals surface area contributed by atoms with Gasteiger partial charge in [0.1, 0.15) is 5.58 Å². The fourth-order valence-electron chi connectivity index (χ4n) is 4.17. The molecule has 1 saturated heterocycles. The molecule has 8 heteroatoms. The lowest BCUT2D eigenvalue weighted by molar-refractivity contribution is 0.0730. The summed E-state index contributed by atoms with van der Waals surface area (Å²) in [5.41, 5.74) is 1.19. The third-order valence-corrected chi connectivity index (χ3v) is 7.97. The lowest BCUT2D eigenvalue weighted by Gasteiger charge is -2.26. The second-order valence-electron chi connectivity index (χ2n) is 8.16. The second kappa shape index (κ2) is 8.08. The minimum Gasteiger partial charge on any atom is -0.451 e. The number of hydrogen-bond donors (Lipinski definition) is 1. The Balaban J connectivity index is 1.58. The first-order chi connectivity index (χ1) is 13.9. The molecule has 158 valence electrons. The summed E-state index contributed by atoms with van der Waals surface area (Å²) in [6, 6.07) is 4.95. The number of hydrogen-bond acceptors (Lipinski definition) is 5. The van der Waals surface area contributed by atoms with Gasteiger partial charge >= 0.3 is 0 Å². The van der Waals surface area contributed by atoms with Crippen molar-refractivity contribution < 1.29 is 22.4 Å². The van der Waals surface area contributed by atoms with Crippen LogP contribution in [0.1, 0.15) is 48.7 Å². The zero-order chi connectivity index (χ0) is 20.6. The number of rotatable bonds is 4. The van der Waals surface area contributed by atoms with Crippen molar-refractivity contribution in [2.75, 3.05) is 26.3 Å². The van der Waals surface area contributed by atoms with E-state index in [0.29, 0.717) is 48.8 Å². The molecule has 0 unspecified atom stereocenters. The van der Waals surface area contributed by atoms with Crippen molar-refractivity contribution in [1.82, 2.24) is 9.62 Å². The van der Waals surface area contributed by atoms with Crippen LogP contribution in [0, 0.1) is 12.8 Å². The van der Waals surface area contributed by atoms with Gasteiger partial charge in [0.15, 0.2) is 5.76 Å². The second-order valence-corrected chi connectivity index (χ2v) is 10.1. The Morgan fingerprint density at radius 1 is 1.14 bits per heavy atom. The molecule has 1 aromatic heterocycles. The van der Waals surface area contributed by atoms with E-state index >= 15 is 0 Å². The van der Waals surface area contributed by atoms with E-state index in [1.165, 1.54) is 4.31 Å². The molecule has 0 radical (unpaired) electrons. The summed E-state index contributed by atoms with van der Waals surface area (Å²) in [5, 5.41) is 3.74. The lowest BCUT2D eigenvalue weighted by Crippen LogP contribution is -2.40. The van der Waals surface area contributed by atoms with Crippen molar-refractivity contribution in [1.29, 1.82) is 0 Å². The monoisotopic (exact) mass is 420 g/mol. The highest BCUT2D eigenvalue weighted by molar-refractivity contribution is 7.89. The normalized spacial score (nSPS) is 23.9. The molecule has 7 nitrogen and oxygen atoms in total. The largest absolute Gasteiger partial charge is 0.451 e. The summed E-state index contributed by atoms with van der Waals surface area (Å²) in [5.74, 6) is 0.748. The molecule has 1 aromatic carbocycles. The van der Waals surface area contributed by atoms with Crippen molar-refractivity contribution >= 4 is 26.9 Å². The number of benzene rings is 1. The van der Waals surface area contributed by atoms with E-state index in [2.05, 4.69) is 12.2 Å². The van der Waals surface area contributed by atoms with Crippen LogP contribution in [0.25, 0.3) is 11.0 Å². The zero-order valence-electron chi connectivity index (χ0n) is 16.9. The van der Waals surface area contributed by atoms with Crippen molar-refractivity contribution in [3.63, 3.8) is 0 Å². The first kappa shape index (κ1) is 20.4. The predicted octanol–water partition coefficient (Wildman–Crippen LogP) is 3.07. The van der Waals surface area contributed by atoms with Crippen molar-refractivity contribution in [2.45, 2.75) is 50.5 Å². The number of sulfonamides is 1. The highest BCUT2D eigenvalue weighted by atomic mass is 32.2. The van der Waals surface area contributed by atoms with Crippen LogP contribution in [0.3, 0.4) is 0 Å². The lowest BCUT2D eigenvalue weighted by atomic mass is 9.87. The van der Waals surface area contributed by atoms with Crippen LogP contribution in [0.15, 0.2) is 27.5 Å².